The van der Waals surface area contributed by atoms with E-state index in [1.54, 1.807) is 0 Å². The van der Waals surface area contributed by atoms with Crippen LogP contribution in [0.25, 0.3) is 11.7 Å². The smallest absolute Gasteiger partial charge is 0.159 e. The van der Waals surface area contributed by atoms with Crippen molar-refractivity contribution in [3.8, 4) is 0 Å². The van der Waals surface area contributed by atoms with Crippen LogP contribution < -0.4 is 5.32 Å². The van der Waals surface area contributed by atoms with E-state index < -0.39 is 0 Å². The molecule has 0 saturated carbocycles. The van der Waals surface area contributed by atoms with Gasteiger partial charge in [-0.05, 0) is 51.6 Å². The van der Waals surface area contributed by atoms with Crippen molar-refractivity contribution in [2.45, 2.75) is 39.7 Å². The number of nitrogens with one attached hydrogen (secondary N) is 1. The fourth-order valence-corrected chi connectivity index (χ4v) is 4.79. The standard InChI is InChI=1S/C27H38N6/c1-6-26-25(27-29-20(2)16-21(3)33(27)30-26)17-23-11-9-22(10-12-23)8-7-14-32-15-13-28-24(19-32)18-31(4)5/h7-12,16,24,28H,6,13-15,17-19H2,1-5H3. The van der Waals surface area contributed by atoms with Crippen molar-refractivity contribution in [3.63, 3.8) is 0 Å². The van der Waals surface area contributed by atoms with Crippen LogP contribution in [-0.2, 0) is 12.8 Å². The first-order valence-electron chi connectivity index (χ1n) is 12.1. The van der Waals surface area contributed by atoms with Crippen LogP contribution in [0.3, 0.4) is 0 Å². The lowest BCUT2D eigenvalue weighted by Crippen LogP contribution is -2.54. The van der Waals surface area contributed by atoms with Crippen molar-refractivity contribution in [1.82, 2.24) is 29.7 Å². The van der Waals surface area contributed by atoms with E-state index >= 15 is 0 Å². The van der Waals surface area contributed by atoms with E-state index in [1.165, 1.54) is 16.7 Å². The molecule has 6 nitrogen and oxygen atoms in total. The van der Waals surface area contributed by atoms with Crippen molar-refractivity contribution in [2.75, 3.05) is 46.8 Å². The molecule has 0 spiro atoms. The molecule has 1 aliphatic heterocycles. The van der Waals surface area contributed by atoms with Crippen molar-refractivity contribution in [3.05, 3.63) is 70.2 Å². The van der Waals surface area contributed by atoms with Gasteiger partial charge in [-0.1, -0.05) is 43.3 Å². The van der Waals surface area contributed by atoms with Crippen LogP contribution >= 0.6 is 0 Å². The number of piperazine rings is 1. The monoisotopic (exact) mass is 446 g/mol. The highest BCUT2D eigenvalue weighted by atomic mass is 15.3. The zero-order valence-corrected chi connectivity index (χ0v) is 20.8. The minimum atomic E-state index is 0.552. The molecule has 176 valence electrons. The van der Waals surface area contributed by atoms with Crippen LogP contribution in [-0.4, -0.2) is 77.3 Å². The van der Waals surface area contributed by atoms with Crippen LogP contribution in [0, 0.1) is 13.8 Å². The Kier molecular flexibility index (Phi) is 7.58. The molecule has 0 aliphatic carbocycles. The molecule has 0 bridgehead atoms. The largest absolute Gasteiger partial charge is 0.310 e. The molecule has 1 atom stereocenters. The molecule has 1 unspecified atom stereocenters. The lowest BCUT2D eigenvalue weighted by molar-refractivity contribution is 0.192. The molecule has 1 N–H and O–H groups in total. The second-order valence-corrected chi connectivity index (χ2v) is 9.55. The predicted octanol–water partition coefficient (Wildman–Crippen LogP) is 3.35. The lowest BCUT2D eigenvalue weighted by Gasteiger charge is -2.34. The third-order valence-electron chi connectivity index (χ3n) is 6.37. The highest BCUT2D eigenvalue weighted by Gasteiger charge is 2.18. The fraction of sp³-hybridized carbons (Fsp3) is 0.481. The van der Waals surface area contributed by atoms with Gasteiger partial charge in [-0.25, -0.2) is 9.50 Å². The van der Waals surface area contributed by atoms with E-state index in [9.17, 15) is 0 Å². The first-order valence-corrected chi connectivity index (χ1v) is 12.1. The number of likely N-dealkylation sites (N-methyl/N-ethyl adjacent to an activating group) is 1. The van der Waals surface area contributed by atoms with Crippen molar-refractivity contribution in [2.24, 2.45) is 0 Å². The summed E-state index contributed by atoms with van der Waals surface area (Å²) in [6, 6.07) is 11.6. The Labute approximate surface area is 198 Å². The van der Waals surface area contributed by atoms with Gasteiger partial charge in [0, 0.05) is 62.1 Å². The maximum Gasteiger partial charge on any atom is 0.159 e. The molecule has 3 aromatic rings. The summed E-state index contributed by atoms with van der Waals surface area (Å²) in [5.41, 5.74) is 8.11. The predicted molar refractivity (Wildman–Crippen MR) is 137 cm³/mol. The Hall–Kier alpha value is -2.54. The van der Waals surface area contributed by atoms with E-state index in [0.717, 1.165) is 68.3 Å². The number of rotatable bonds is 8. The topological polar surface area (TPSA) is 48.7 Å². The Morgan fingerprint density at radius 3 is 2.70 bits per heavy atom. The van der Waals surface area contributed by atoms with Crippen molar-refractivity contribution >= 4 is 11.7 Å². The van der Waals surface area contributed by atoms with Crippen LogP contribution in [0.4, 0.5) is 0 Å². The molecule has 3 heterocycles. The number of benzene rings is 1. The molecular weight excluding hydrogens is 408 g/mol. The summed E-state index contributed by atoms with van der Waals surface area (Å²) < 4.78 is 2.00. The van der Waals surface area contributed by atoms with Crippen LogP contribution in [0.5, 0.6) is 0 Å². The number of hydrogen-bond donors (Lipinski definition) is 1. The van der Waals surface area contributed by atoms with E-state index in [0.29, 0.717) is 6.04 Å². The molecule has 4 rings (SSSR count). The van der Waals surface area contributed by atoms with Crippen molar-refractivity contribution < 1.29 is 0 Å². The molecule has 1 saturated heterocycles. The fourth-order valence-electron chi connectivity index (χ4n) is 4.79. The van der Waals surface area contributed by atoms with Crippen molar-refractivity contribution in [1.29, 1.82) is 0 Å². The molecule has 0 amide bonds. The van der Waals surface area contributed by atoms with Crippen LogP contribution in [0.2, 0.25) is 0 Å². The highest BCUT2D eigenvalue weighted by Crippen LogP contribution is 2.21. The number of fused-ring (bicyclic) bond motifs is 1. The summed E-state index contributed by atoms with van der Waals surface area (Å²) in [6.45, 7) is 11.7. The Morgan fingerprint density at radius 2 is 1.97 bits per heavy atom. The minimum Gasteiger partial charge on any atom is -0.310 e. The molecule has 33 heavy (non-hydrogen) atoms. The summed E-state index contributed by atoms with van der Waals surface area (Å²) in [7, 11) is 4.28. The normalized spacial score (nSPS) is 17.6. The average Bonchev–Trinajstić information content (AvgIpc) is 3.12. The maximum atomic E-state index is 4.82. The molecule has 1 fully saturated rings. The van der Waals surface area contributed by atoms with Gasteiger partial charge in [-0.2, -0.15) is 5.10 Å². The molecule has 1 aliphatic rings. The molecule has 2 aromatic heterocycles. The van der Waals surface area contributed by atoms with Gasteiger partial charge >= 0.3 is 0 Å². The Bertz CT molecular complexity index is 1100. The number of aromatic nitrogens is 3. The van der Waals surface area contributed by atoms with E-state index in [2.05, 4.69) is 92.5 Å². The Morgan fingerprint density at radius 1 is 1.18 bits per heavy atom. The number of aryl methyl sites for hydroxylation is 3. The number of hydrogen-bond acceptors (Lipinski definition) is 5. The van der Waals surface area contributed by atoms with Gasteiger partial charge in [0.2, 0.25) is 0 Å². The summed E-state index contributed by atoms with van der Waals surface area (Å²) in [6.07, 6.45) is 6.32. The van der Waals surface area contributed by atoms with Gasteiger partial charge < -0.3 is 10.2 Å². The quantitative estimate of drug-likeness (QED) is 0.575. The Balaban J connectivity index is 1.40. The third kappa shape index (κ3) is 5.88. The molecule has 0 radical (unpaired) electrons. The number of nitrogens with zero attached hydrogens (tertiary/aromatic N) is 5. The summed E-state index contributed by atoms with van der Waals surface area (Å²) in [4.78, 5) is 9.59. The van der Waals surface area contributed by atoms with Gasteiger partial charge in [0.15, 0.2) is 5.65 Å². The molecule has 6 heteroatoms. The summed E-state index contributed by atoms with van der Waals surface area (Å²) in [5.74, 6) is 0. The van der Waals surface area contributed by atoms with Gasteiger partial charge in [-0.3, -0.25) is 4.90 Å². The average molecular weight is 447 g/mol. The van der Waals surface area contributed by atoms with Gasteiger partial charge in [0.1, 0.15) is 0 Å². The van der Waals surface area contributed by atoms with E-state index in [-0.39, 0.29) is 0 Å². The second kappa shape index (κ2) is 10.6. The minimum absolute atomic E-state index is 0.552. The van der Waals surface area contributed by atoms with Gasteiger partial charge in [-0.15, -0.1) is 0 Å². The van der Waals surface area contributed by atoms with Crippen LogP contribution in [0.1, 0.15) is 40.7 Å². The zero-order valence-electron chi connectivity index (χ0n) is 20.8. The van der Waals surface area contributed by atoms with Gasteiger partial charge in [0.05, 0.1) is 5.69 Å². The SMILES string of the molecule is CCc1nn2c(C)cc(C)nc2c1Cc1ccc(C=CCN2CCNC(CN(C)C)C2)cc1. The van der Waals surface area contributed by atoms with Crippen LogP contribution in [0.15, 0.2) is 36.4 Å². The van der Waals surface area contributed by atoms with E-state index in [4.69, 9.17) is 10.1 Å². The second-order valence-electron chi connectivity index (χ2n) is 9.55. The highest BCUT2D eigenvalue weighted by molar-refractivity contribution is 5.55. The maximum absolute atomic E-state index is 4.82. The van der Waals surface area contributed by atoms with Gasteiger partial charge in [0.25, 0.3) is 0 Å². The summed E-state index contributed by atoms with van der Waals surface area (Å²) in [5, 5.41) is 8.44. The molecule has 1 aromatic carbocycles. The lowest BCUT2D eigenvalue weighted by atomic mass is 10.0. The zero-order chi connectivity index (χ0) is 23.4. The summed E-state index contributed by atoms with van der Waals surface area (Å²) >= 11 is 0. The third-order valence-corrected chi connectivity index (χ3v) is 6.37. The first-order chi connectivity index (χ1) is 15.9. The first kappa shape index (κ1) is 23.6. The molecular formula is C27H38N6. The van der Waals surface area contributed by atoms with E-state index in [1.807, 2.05) is 4.52 Å².